The average molecular weight is 198 g/mol. The zero-order chi connectivity index (χ0) is 10.8. The zero-order valence-corrected chi connectivity index (χ0v) is 8.91. The van der Waals surface area contributed by atoms with Crippen LogP contribution < -0.4 is 0 Å². The second kappa shape index (κ2) is 8.48. The topological polar surface area (TPSA) is 43.4 Å². The molecule has 0 N–H and O–H groups in total. The van der Waals surface area contributed by atoms with Gasteiger partial charge in [0.15, 0.2) is 0 Å². The molecule has 14 heavy (non-hydrogen) atoms. The summed E-state index contributed by atoms with van der Waals surface area (Å²) < 4.78 is 4.98. The quantitative estimate of drug-likeness (QED) is 0.273. The molecule has 0 fully saturated rings. The lowest BCUT2D eigenvalue weighted by Crippen LogP contribution is -2.06. The number of allylic oxidation sites excluding steroid dienone is 1. The molecule has 0 unspecified atom stereocenters. The molecule has 0 atom stereocenters. The number of unbranched alkanes of at least 4 members (excludes halogenated alkanes) is 3. The number of esters is 1. The van der Waals surface area contributed by atoms with Crippen LogP contribution in [-0.2, 0) is 14.3 Å². The van der Waals surface area contributed by atoms with Crippen LogP contribution in [0.4, 0.5) is 0 Å². The number of rotatable bonds is 7. The van der Waals surface area contributed by atoms with Gasteiger partial charge in [-0.05, 0) is 33.1 Å². The highest BCUT2D eigenvalue weighted by molar-refractivity contribution is 5.87. The molecule has 0 aliphatic heterocycles. The van der Waals surface area contributed by atoms with Crippen molar-refractivity contribution in [3.05, 3.63) is 11.6 Å². The van der Waals surface area contributed by atoms with Gasteiger partial charge in [0.25, 0.3) is 0 Å². The third kappa shape index (κ3) is 6.40. The van der Waals surface area contributed by atoms with E-state index in [0.717, 1.165) is 25.5 Å². The Kier molecular flexibility index (Phi) is 7.80. The molecule has 0 rings (SSSR count). The summed E-state index contributed by atoms with van der Waals surface area (Å²) >= 11 is 0. The number of carbonyl (C=O) groups excluding carboxylic acids is 2. The standard InChI is InChI=1S/C11H18O3/c1-3-10(2)11(13)14-9-7-5-4-6-8-12/h3,8H,4-7,9H2,1-2H3. The van der Waals surface area contributed by atoms with Gasteiger partial charge in [0.2, 0.25) is 0 Å². The van der Waals surface area contributed by atoms with E-state index in [4.69, 9.17) is 4.74 Å². The van der Waals surface area contributed by atoms with E-state index in [9.17, 15) is 9.59 Å². The van der Waals surface area contributed by atoms with Crippen LogP contribution in [0.1, 0.15) is 39.5 Å². The maximum absolute atomic E-state index is 11.1. The summed E-state index contributed by atoms with van der Waals surface area (Å²) in [7, 11) is 0. The maximum Gasteiger partial charge on any atom is 0.333 e. The van der Waals surface area contributed by atoms with Gasteiger partial charge in [-0.1, -0.05) is 6.08 Å². The Hall–Kier alpha value is -1.12. The fourth-order valence-corrected chi connectivity index (χ4v) is 0.903. The van der Waals surface area contributed by atoms with Crippen molar-refractivity contribution in [2.24, 2.45) is 0 Å². The molecule has 0 saturated carbocycles. The molecule has 0 saturated heterocycles. The number of hydrogen-bond donors (Lipinski definition) is 0. The van der Waals surface area contributed by atoms with Gasteiger partial charge in [-0.2, -0.15) is 0 Å². The van der Waals surface area contributed by atoms with Crippen LogP contribution >= 0.6 is 0 Å². The first kappa shape index (κ1) is 12.9. The number of aldehydes is 1. The molecule has 3 nitrogen and oxygen atoms in total. The van der Waals surface area contributed by atoms with Crippen LogP contribution in [0, 0.1) is 0 Å². The summed E-state index contributed by atoms with van der Waals surface area (Å²) in [5.41, 5.74) is 0.637. The minimum atomic E-state index is -0.247. The maximum atomic E-state index is 11.1. The first-order valence-electron chi connectivity index (χ1n) is 4.96. The highest BCUT2D eigenvalue weighted by Crippen LogP contribution is 2.01. The van der Waals surface area contributed by atoms with Crippen LogP contribution in [0.2, 0.25) is 0 Å². The summed E-state index contributed by atoms with van der Waals surface area (Å²) in [5, 5.41) is 0. The smallest absolute Gasteiger partial charge is 0.333 e. The van der Waals surface area contributed by atoms with E-state index in [1.54, 1.807) is 19.9 Å². The monoisotopic (exact) mass is 198 g/mol. The van der Waals surface area contributed by atoms with E-state index >= 15 is 0 Å². The Morgan fingerprint density at radius 2 is 2.00 bits per heavy atom. The third-order valence-electron chi connectivity index (χ3n) is 1.95. The van der Waals surface area contributed by atoms with Crippen LogP contribution in [0.15, 0.2) is 11.6 Å². The molecule has 3 heteroatoms. The fourth-order valence-electron chi connectivity index (χ4n) is 0.903. The van der Waals surface area contributed by atoms with E-state index in [1.807, 2.05) is 0 Å². The third-order valence-corrected chi connectivity index (χ3v) is 1.95. The normalized spacial score (nSPS) is 11.1. The molecule has 0 radical (unpaired) electrons. The molecule has 0 aliphatic carbocycles. The molecule has 0 heterocycles. The van der Waals surface area contributed by atoms with Gasteiger partial charge in [-0.25, -0.2) is 4.79 Å². The predicted molar refractivity (Wildman–Crippen MR) is 54.9 cm³/mol. The Morgan fingerprint density at radius 1 is 1.29 bits per heavy atom. The van der Waals surface area contributed by atoms with Crippen LogP contribution in [0.3, 0.4) is 0 Å². The van der Waals surface area contributed by atoms with Crippen molar-refractivity contribution >= 4 is 12.3 Å². The van der Waals surface area contributed by atoms with Crippen molar-refractivity contribution < 1.29 is 14.3 Å². The minimum absolute atomic E-state index is 0.247. The average Bonchev–Trinajstić information content (AvgIpc) is 2.21. The fraction of sp³-hybridized carbons (Fsp3) is 0.636. The van der Waals surface area contributed by atoms with Gasteiger partial charge >= 0.3 is 5.97 Å². The van der Waals surface area contributed by atoms with Crippen molar-refractivity contribution in [3.63, 3.8) is 0 Å². The van der Waals surface area contributed by atoms with Crippen molar-refractivity contribution in [2.75, 3.05) is 6.61 Å². The molecule has 0 aliphatic rings. The summed E-state index contributed by atoms with van der Waals surface area (Å²) in [5.74, 6) is -0.247. The Morgan fingerprint density at radius 3 is 2.57 bits per heavy atom. The van der Waals surface area contributed by atoms with Gasteiger partial charge in [-0.3, -0.25) is 0 Å². The molecule has 0 spiro atoms. The molecule has 0 bridgehead atoms. The Balaban J connectivity index is 3.36. The van der Waals surface area contributed by atoms with Crippen LogP contribution in [-0.4, -0.2) is 18.9 Å². The first-order chi connectivity index (χ1) is 6.72. The van der Waals surface area contributed by atoms with E-state index < -0.39 is 0 Å². The van der Waals surface area contributed by atoms with E-state index in [0.29, 0.717) is 18.6 Å². The Labute approximate surface area is 85.1 Å². The molecular weight excluding hydrogens is 180 g/mol. The number of carbonyl (C=O) groups is 2. The molecule has 0 aromatic carbocycles. The SMILES string of the molecule is CC=C(C)C(=O)OCCCCCC=O. The highest BCUT2D eigenvalue weighted by atomic mass is 16.5. The molecule has 0 amide bonds. The van der Waals surface area contributed by atoms with Crippen LogP contribution in [0.5, 0.6) is 0 Å². The molecule has 0 aromatic rings. The van der Waals surface area contributed by atoms with Crippen LogP contribution in [0.25, 0.3) is 0 Å². The summed E-state index contributed by atoms with van der Waals surface area (Å²) in [6, 6.07) is 0. The largest absolute Gasteiger partial charge is 0.462 e. The highest BCUT2D eigenvalue weighted by Gasteiger charge is 2.02. The lowest BCUT2D eigenvalue weighted by atomic mass is 10.2. The summed E-state index contributed by atoms with van der Waals surface area (Å²) in [4.78, 5) is 21.1. The van der Waals surface area contributed by atoms with Gasteiger partial charge < -0.3 is 9.53 Å². The minimum Gasteiger partial charge on any atom is -0.462 e. The van der Waals surface area contributed by atoms with E-state index in [-0.39, 0.29) is 5.97 Å². The molecule has 80 valence electrons. The van der Waals surface area contributed by atoms with Gasteiger partial charge in [0.05, 0.1) is 6.61 Å². The number of ether oxygens (including phenoxy) is 1. The van der Waals surface area contributed by atoms with Crippen molar-refractivity contribution in [2.45, 2.75) is 39.5 Å². The van der Waals surface area contributed by atoms with E-state index in [2.05, 4.69) is 0 Å². The summed E-state index contributed by atoms with van der Waals surface area (Å²) in [6.07, 6.45) is 5.88. The van der Waals surface area contributed by atoms with Gasteiger partial charge in [-0.15, -0.1) is 0 Å². The van der Waals surface area contributed by atoms with Crippen molar-refractivity contribution in [1.29, 1.82) is 0 Å². The predicted octanol–water partition coefficient (Wildman–Crippen LogP) is 2.26. The van der Waals surface area contributed by atoms with Crippen molar-refractivity contribution in [1.82, 2.24) is 0 Å². The lowest BCUT2D eigenvalue weighted by Gasteiger charge is -2.03. The van der Waals surface area contributed by atoms with Gasteiger partial charge in [0.1, 0.15) is 6.29 Å². The number of hydrogen-bond acceptors (Lipinski definition) is 3. The first-order valence-corrected chi connectivity index (χ1v) is 4.96. The second-order valence-corrected chi connectivity index (χ2v) is 3.12. The van der Waals surface area contributed by atoms with Gasteiger partial charge in [0, 0.05) is 12.0 Å². The van der Waals surface area contributed by atoms with Crippen molar-refractivity contribution in [3.8, 4) is 0 Å². The second-order valence-electron chi connectivity index (χ2n) is 3.12. The molecule has 0 aromatic heterocycles. The molecular formula is C11H18O3. The Bertz CT molecular complexity index is 207. The summed E-state index contributed by atoms with van der Waals surface area (Å²) in [6.45, 7) is 3.98. The lowest BCUT2D eigenvalue weighted by molar-refractivity contribution is -0.139. The zero-order valence-electron chi connectivity index (χ0n) is 8.91. The van der Waals surface area contributed by atoms with E-state index in [1.165, 1.54) is 0 Å².